The van der Waals surface area contributed by atoms with Crippen LogP contribution in [0.1, 0.15) is 63.8 Å². The summed E-state index contributed by atoms with van der Waals surface area (Å²) in [7, 11) is 0. The number of rotatable bonds is 5. The minimum absolute atomic E-state index is 0.251. The number of hydrogen-bond acceptors (Lipinski definition) is 5. The monoisotopic (exact) mass is 407 g/mol. The van der Waals surface area contributed by atoms with Crippen LogP contribution in [0.2, 0.25) is 0 Å². The molecule has 158 valence electrons. The van der Waals surface area contributed by atoms with Crippen molar-refractivity contribution in [3.8, 4) is 17.6 Å². The van der Waals surface area contributed by atoms with Crippen LogP contribution in [0.15, 0.2) is 41.5 Å². The summed E-state index contributed by atoms with van der Waals surface area (Å²) in [5.74, 6) is 0.202. The summed E-state index contributed by atoms with van der Waals surface area (Å²) >= 11 is 0. The topological polar surface area (TPSA) is 94.7 Å². The second kappa shape index (κ2) is 9.00. The van der Waals surface area contributed by atoms with Crippen LogP contribution in [-0.2, 0) is 15.6 Å². The third-order valence-electron chi connectivity index (χ3n) is 4.52. The number of phenols is 1. The third kappa shape index (κ3) is 5.84. The number of carbonyl (C=O) groups is 1. The Hall–Kier alpha value is -3.33. The van der Waals surface area contributed by atoms with Gasteiger partial charge in [0.2, 0.25) is 0 Å². The summed E-state index contributed by atoms with van der Waals surface area (Å²) in [5.41, 5.74) is 4.71. The van der Waals surface area contributed by atoms with Crippen LogP contribution in [0, 0.1) is 11.3 Å². The first-order valence-corrected chi connectivity index (χ1v) is 9.75. The maximum absolute atomic E-state index is 12.0. The van der Waals surface area contributed by atoms with Crippen molar-refractivity contribution in [3.63, 3.8) is 0 Å². The summed E-state index contributed by atoms with van der Waals surface area (Å²) in [4.78, 5) is 12.0. The van der Waals surface area contributed by atoms with Crippen molar-refractivity contribution in [2.24, 2.45) is 5.10 Å². The standard InChI is InChI=1S/C24H29N3O3/c1-23(2,3)18-11-16(12-19(22(18)29)24(4,5)6)14-26-27-21(28)15-30-20-10-8-7-9-17(20)13-25/h7-12,14,29H,15H2,1-6H3,(H,27,28). The Morgan fingerprint density at radius 3 is 2.23 bits per heavy atom. The Balaban J connectivity index is 2.14. The van der Waals surface area contributed by atoms with Gasteiger partial charge >= 0.3 is 0 Å². The zero-order valence-corrected chi connectivity index (χ0v) is 18.4. The zero-order valence-electron chi connectivity index (χ0n) is 18.4. The number of hydrazone groups is 1. The van der Waals surface area contributed by atoms with Gasteiger partial charge in [-0.2, -0.15) is 10.4 Å². The van der Waals surface area contributed by atoms with E-state index in [0.717, 1.165) is 16.7 Å². The maximum atomic E-state index is 12.0. The highest BCUT2D eigenvalue weighted by Crippen LogP contribution is 2.39. The van der Waals surface area contributed by atoms with Gasteiger partial charge in [0.05, 0.1) is 11.8 Å². The van der Waals surface area contributed by atoms with E-state index in [1.54, 1.807) is 30.5 Å². The van der Waals surface area contributed by atoms with Gasteiger partial charge in [-0.15, -0.1) is 0 Å². The quantitative estimate of drug-likeness (QED) is 0.568. The lowest BCUT2D eigenvalue weighted by Crippen LogP contribution is -2.25. The minimum atomic E-state index is -0.440. The number of nitrogens with zero attached hydrogens (tertiary/aromatic N) is 2. The summed E-state index contributed by atoms with van der Waals surface area (Å²) in [6.45, 7) is 12.0. The van der Waals surface area contributed by atoms with Crippen LogP contribution in [0.4, 0.5) is 0 Å². The highest BCUT2D eigenvalue weighted by atomic mass is 16.5. The molecule has 0 radical (unpaired) electrons. The summed E-state index contributed by atoms with van der Waals surface area (Å²) in [6, 6.07) is 12.5. The van der Waals surface area contributed by atoms with E-state index in [1.807, 2.05) is 59.7 Å². The number of phenolic OH excluding ortho intramolecular Hbond substituents is 1. The Bertz CT molecular complexity index is 955. The van der Waals surface area contributed by atoms with Crippen molar-refractivity contribution in [3.05, 3.63) is 58.7 Å². The molecule has 2 N–H and O–H groups in total. The molecule has 2 rings (SSSR count). The van der Waals surface area contributed by atoms with E-state index in [4.69, 9.17) is 10.00 Å². The molecule has 0 bridgehead atoms. The molecule has 0 aliphatic carbocycles. The predicted molar refractivity (Wildman–Crippen MR) is 118 cm³/mol. The van der Waals surface area contributed by atoms with E-state index < -0.39 is 5.91 Å². The van der Waals surface area contributed by atoms with Crippen molar-refractivity contribution < 1.29 is 14.6 Å². The molecule has 0 saturated carbocycles. The number of benzene rings is 2. The van der Waals surface area contributed by atoms with Gasteiger partial charge < -0.3 is 9.84 Å². The number of hydrogen-bond donors (Lipinski definition) is 2. The lowest BCUT2D eigenvalue weighted by Gasteiger charge is -2.27. The molecule has 1 amide bonds. The number of amides is 1. The highest BCUT2D eigenvalue weighted by Gasteiger charge is 2.26. The van der Waals surface area contributed by atoms with E-state index in [-0.39, 0.29) is 17.4 Å². The van der Waals surface area contributed by atoms with Crippen LogP contribution in [0.5, 0.6) is 11.5 Å². The van der Waals surface area contributed by atoms with Crippen LogP contribution < -0.4 is 10.2 Å². The number of carbonyl (C=O) groups excluding carboxylic acids is 1. The second-order valence-electron chi connectivity index (χ2n) is 9.15. The maximum Gasteiger partial charge on any atom is 0.277 e. The molecule has 0 heterocycles. The van der Waals surface area contributed by atoms with Crippen LogP contribution in [0.25, 0.3) is 0 Å². The average Bonchev–Trinajstić information content (AvgIpc) is 2.65. The number of nitriles is 1. The molecule has 0 unspecified atom stereocenters. The first kappa shape index (κ1) is 23.0. The lowest BCUT2D eigenvalue weighted by atomic mass is 9.78. The number of para-hydroxylation sites is 1. The van der Waals surface area contributed by atoms with Gasteiger partial charge in [-0.25, -0.2) is 5.43 Å². The van der Waals surface area contributed by atoms with Crippen molar-refractivity contribution in [1.29, 1.82) is 5.26 Å². The molecule has 0 atom stereocenters. The Kier molecular flexibility index (Phi) is 6.88. The number of nitrogens with one attached hydrogen (secondary N) is 1. The molecule has 30 heavy (non-hydrogen) atoms. The Labute approximate surface area is 178 Å². The fourth-order valence-electron chi connectivity index (χ4n) is 2.91. The van der Waals surface area contributed by atoms with Crippen LogP contribution in [-0.4, -0.2) is 23.8 Å². The first-order chi connectivity index (χ1) is 13.9. The van der Waals surface area contributed by atoms with Gasteiger partial charge in [0, 0.05) is 11.1 Å². The van der Waals surface area contributed by atoms with E-state index in [1.165, 1.54) is 0 Å². The summed E-state index contributed by atoms with van der Waals surface area (Å²) in [5, 5.41) is 23.8. The summed E-state index contributed by atoms with van der Waals surface area (Å²) < 4.78 is 5.39. The second-order valence-corrected chi connectivity index (χ2v) is 9.15. The van der Waals surface area contributed by atoms with Gasteiger partial charge in [-0.05, 0) is 40.7 Å². The SMILES string of the molecule is CC(C)(C)c1cc(C=NNC(=O)COc2ccccc2C#N)cc(C(C)(C)C)c1O. The van der Waals surface area contributed by atoms with Crippen molar-refractivity contribution in [2.45, 2.75) is 52.4 Å². The van der Waals surface area contributed by atoms with E-state index in [0.29, 0.717) is 17.1 Å². The molecule has 0 fully saturated rings. The molecule has 0 spiro atoms. The fourth-order valence-corrected chi connectivity index (χ4v) is 2.91. The summed E-state index contributed by atoms with van der Waals surface area (Å²) in [6.07, 6.45) is 1.55. The molecule has 0 aromatic heterocycles. The van der Waals surface area contributed by atoms with Crippen molar-refractivity contribution >= 4 is 12.1 Å². The smallest absolute Gasteiger partial charge is 0.277 e. The average molecular weight is 408 g/mol. The molecule has 6 heteroatoms. The van der Waals surface area contributed by atoms with E-state index in [2.05, 4.69) is 10.5 Å². The molecule has 2 aromatic carbocycles. The molecular weight excluding hydrogens is 378 g/mol. The Morgan fingerprint density at radius 2 is 1.70 bits per heavy atom. The van der Waals surface area contributed by atoms with Gasteiger partial charge in [-0.1, -0.05) is 53.7 Å². The molecule has 0 aliphatic heterocycles. The van der Waals surface area contributed by atoms with Gasteiger partial charge in [0.1, 0.15) is 17.6 Å². The largest absolute Gasteiger partial charge is 0.507 e. The van der Waals surface area contributed by atoms with Crippen molar-refractivity contribution in [2.75, 3.05) is 6.61 Å². The zero-order chi connectivity index (χ0) is 22.5. The van der Waals surface area contributed by atoms with E-state index in [9.17, 15) is 9.90 Å². The van der Waals surface area contributed by atoms with Crippen LogP contribution in [0.3, 0.4) is 0 Å². The van der Waals surface area contributed by atoms with Gasteiger partial charge in [-0.3, -0.25) is 4.79 Å². The van der Waals surface area contributed by atoms with E-state index >= 15 is 0 Å². The van der Waals surface area contributed by atoms with Crippen LogP contribution >= 0.6 is 0 Å². The van der Waals surface area contributed by atoms with Gasteiger partial charge in [0.25, 0.3) is 5.91 Å². The Morgan fingerprint density at radius 1 is 1.13 bits per heavy atom. The fraction of sp³-hybridized carbons (Fsp3) is 0.375. The number of ether oxygens (including phenoxy) is 1. The third-order valence-corrected chi connectivity index (χ3v) is 4.52. The minimum Gasteiger partial charge on any atom is -0.507 e. The highest BCUT2D eigenvalue weighted by molar-refractivity contribution is 5.84. The predicted octanol–water partition coefficient (Wildman–Crippen LogP) is 4.39. The molecular formula is C24H29N3O3. The lowest BCUT2D eigenvalue weighted by molar-refractivity contribution is -0.123. The molecule has 6 nitrogen and oxygen atoms in total. The van der Waals surface area contributed by atoms with Crippen molar-refractivity contribution in [1.82, 2.24) is 5.43 Å². The molecule has 2 aromatic rings. The first-order valence-electron chi connectivity index (χ1n) is 9.75. The van der Waals surface area contributed by atoms with Gasteiger partial charge in [0.15, 0.2) is 6.61 Å². The molecule has 0 saturated heterocycles. The number of aromatic hydroxyl groups is 1. The molecule has 0 aliphatic rings. The normalized spacial score (nSPS) is 11.9.